The Morgan fingerprint density at radius 2 is 1.82 bits per heavy atom. The third-order valence-corrected chi connectivity index (χ3v) is 4.78. The quantitative estimate of drug-likeness (QED) is 0.732. The minimum absolute atomic E-state index is 0. The molecular weight excluding hydrogens is 296 g/mol. The van der Waals surface area contributed by atoms with Crippen molar-refractivity contribution in [2.45, 2.75) is 44.9 Å². The Morgan fingerprint density at radius 1 is 1.18 bits per heavy atom. The smallest absolute Gasteiger partial charge is 0.233 e. The van der Waals surface area contributed by atoms with Crippen molar-refractivity contribution >= 4 is 18.3 Å². The van der Waals surface area contributed by atoms with E-state index in [2.05, 4.69) is 48.7 Å². The van der Waals surface area contributed by atoms with E-state index in [1.807, 2.05) is 6.07 Å². The molecule has 0 saturated heterocycles. The van der Waals surface area contributed by atoms with Crippen molar-refractivity contribution in [3.63, 3.8) is 0 Å². The minimum Gasteiger partial charge on any atom is -0.354 e. The fourth-order valence-corrected chi connectivity index (χ4v) is 2.84. The highest BCUT2D eigenvalue weighted by Crippen LogP contribution is 2.30. The summed E-state index contributed by atoms with van der Waals surface area (Å²) in [7, 11) is 0. The third-order valence-electron chi connectivity index (χ3n) is 4.78. The number of benzene rings is 1. The number of carbonyl (C=O) groups excluding carboxylic acids is 1. The number of hydrogen-bond acceptors (Lipinski definition) is 2. The average molecular weight is 325 g/mol. The Balaban J connectivity index is 0.00000242. The lowest BCUT2D eigenvalue weighted by Gasteiger charge is -2.32. The molecule has 1 aromatic rings. The van der Waals surface area contributed by atoms with Crippen molar-refractivity contribution in [2.75, 3.05) is 19.6 Å². The predicted octanol–water partition coefficient (Wildman–Crippen LogP) is 3.28. The van der Waals surface area contributed by atoms with E-state index in [0.717, 1.165) is 25.3 Å². The summed E-state index contributed by atoms with van der Waals surface area (Å²) < 4.78 is 0. The molecule has 0 unspecified atom stereocenters. The van der Waals surface area contributed by atoms with Gasteiger partial charge in [-0.3, -0.25) is 4.79 Å². The molecule has 0 heterocycles. The lowest BCUT2D eigenvalue weighted by molar-refractivity contribution is -0.120. The van der Waals surface area contributed by atoms with Gasteiger partial charge in [-0.25, -0.2) is 0 Å². The molecule has 1 amide bonds. The van der Waals surface area contributed by atoms with E-state index in [9.17, 15) is 4.79 Å². The maximum Gasteiger partial charge on any atom is 0.233 e. The summed E-state index contributed by atoms with van der Waals surface area (Å²) in [6.45, 7) is 6.55. The van der Waals surface area contributed by atoms with Gasteiger partial charge in [0.15, 0.2) is 0 Å². The van der Waals surface area contributed by atoms with Gasteiger partial charge < -0.3 is 10.6 Å². The number of rotatable bonds is 9. The maximum atomic E-state index is 12.0. The van der Waals surface area contributed by atoms with E-state index in [-0.39, 0.29) is 23.7 Å². The van der Waals surface area contributed by atoms with Gasteiger partial charge in [0, 0.05) is 12.0 Å². The first kappa shape index (κ1) is 19.0. The lowest BCUT2D eigenvalue weighted by atomic mass is 9.76. The SMILES string of the molecule is CCC(CC)(CNC(=O)CNCC1CC1)c1ccccc1.Cl. The summed E-state index contributed by atoms with van der Waals surface area (Å²) in [4.78, 5) is 12.0. The molecule has 0 aromatic heterocycles. The Bertz CT molecular complexity index is 442. The van der Waals surface area contributed by atoms with E-state index in [1.165, 1.54) is 18.4 Å². The Hall–Kier alpha value is -1.06. The topological polar surface area (TPSA) is 41.1 Å². The molecule has 3 nitrogen and oxygen atoms in total. The van der Waals surface area contributed by atoms with Gasteiger partial charge in [0.2, 0.25) is 5.91 Å². The van der Waals surface area contributed by atoms with Crippen molar-refractivity contribution in [2.24, 2.45) is 5.92 Å². The van der Waals surface area contributed by atoms with Crippen molar-refractivity contribution < 1.29 is 4.79 Å². The molecule has 124 valence electrons. The Morgan fingerprint density at radius 3 is 2.36 bits per heavy atom. The van der Waals surface area contributed by atoms with Gasteiger partial charge in [-0.05, 0) is 43.7 Å². The molecule has 0 spiro atoms. The standard InChI is InChI=1S/C18H28N2O.ClH/c1-3-18(4-2,16-8-6-5-7-9-16)14-20-17(21)13-19-12-15-10-11-15;/h5-9,15,19H,3-4,10-14H2,1-2H3,(H,20,21);1H. The van der Waals surface area contributed by atoms with E-state index < -0.39 is 0 Å². The van der Waals surface area contributed by atoms with Gasteiger partial charge in [-0.15, -0.1) is 12.4 Å². The van der Waals surface area contributed by atoms with Crippen molar-refractivity contribution in [1.82, 2.24) is 10.6 Å². The van der Waals surface area contributed by atoms with Gasteiger partial charge in [0.1, 0.15) is 0 Å². The Kier molecular flexibility index (Phi) is 7.91. The largest absolute Gasteiger partial charge is 0.354 e. The number of carbonyl (C=O) groups is 1. The van der Waals surface area contributed by atoms with Gasteiger partial charge in [0.05, 0.1) is 6.54 Å². The molecular formula is C18H29ClN2O. The van der Waals surface area contributed by atoms with E-state index in [1.54, 1.807) is 0 Å². The molecule has 1 aromatic carbocycles. The van der Waals surface area contributed by atoms with Crippen LogP contribution in [0.1, 0.15) is 45.1 Å². The van der Waals surface area contributed by atoms with Crippen molar-refractivity contribution in [3.05, 3.63) is 35.9 Å². The van der Waals surface area contributed by atoms with Gasteiger partial charge in [0.25, 0.3) is 0 Å². The van der Waals surface area contributed by atoms with Crippen LogP contribution in [-0.2, 0) is 10.2 Å². The normalized spacial score (nSPS) is 14.3. The molecule has 4 heteroatoms. The number of amides is 1. The first-order valence-electron chi connectivity index (χ1n) is 8.23. The minimum atomic E-state index is 0. The molecule has 0 radical (unpaired) electrons. The van der Waals surface area contributed by atoms with Crippen LogP contribution in [0.2, 0.25) is 0 Å². The van der Waals surface area contributed by atoms with Crippen LogP contribution < -0.4 is 10.6 Å². The first-order valence-corrected chi connectivity index (χ1v) is 8.23. The highest BCUT2D eigenvalue weighted by Gasteiger charge is 2.28. The van der Waals surface area contributed by atoms with Gasteiger partial charge in [-0.2, -0.15) is 0 Å². The molecule has 0 aliphatic heterocycles. The second kappa shape index (κ2) is 9.16. The fraction of sp³-hybridized carbons (Fsp3) is 0.611. The molecule has 1 aliphatic rings. The van der Waals surface area contributed by atoms with Crippen LogP contribution in [-0.4, -0.2) is 25.5 Å². The zero-order valence-corrected chi connectivity index (χ0v) is 14.5. The zero-order valence-electron chi connectivity index (χ0n) is 13.7. The second-order valence-corrected chi connectivity index (χ2v) is 6.20. The number of hydrogen-bond donors (Lipinski definition) is 2. The first-order chi connectivity index (χ1) is 10.2. The monoisotopic (exact) mass is 324 g/mol. The van der Waals surface area contributed by atoms with Crippen LogP contribution in [0, 0.1) is 5.92 Å². The summed E-state index contributed by atoms with van der Waals surface area (Å²) in [5.41, 5.74) is 1.37. The van der Waals surface area contributed by atoms with Gasteiger partial charge in [-0.1, -0.05) is 44.2 Å². The molecule has 1 fully saturated rings. The fourth-order valence-electron chi connectivity index (χ4n) is 2.84. The average Bonchev–Trinajstić information content (AvgIpc) is 3.34. The van der Waals surface area contributed by atoms with Crippen LogP contribution in [0.5, 0.6) is 0 Å². The van der Waals surface area contributed by atoms with Gasteiger partial charge >= 0.3 is 0 Å². The van der Waals surface area contributed by atoms with Crippen molar-refractivity contribution in [3.8, 4) is 0 Å². The van der Waals surface area contributed by atoms with E-state index >= 15 is 0 Å². The molecule has 22 heavy (non-hydrogen) atoms. The molecule has 1 aliphatic carbocycles. The van der Waals surface area contributed by atoms with Crippen molar-refractivity contribution in [1.29, 1.82) is 0 Å². The summed E-state index contributed by atoms with van der Waals surface area (Å²) in [6, 6.07) is 10.5. The third kappa shape index (κ3) is 5.29. The number of nitrogens with one attached hydrogen (secondary N) is 2. The summed E-state index contributed by atoms with van der Waals surface area (Å²) in [5, 5.41) is 6.36. The van der Waals surface area contributed by atoms with Crippen LogP contribution in [0.4, 0.5) is 0 Å². The van der Waals surface area contributed by atoms with Crippen LogP contribution in [0.3, 0.4) is 0 Å². The molecule has 0 atom stereocenters. The molecule has 2 N–H and O–H groups in total. The highest BCUT2D eigenvalue weighted by molar-refractivity contribution is 5.85. The highest BCUT2D eigenvalue weighted by atomic mass is 35.5. The van der Waals surface area contributed by atoms with Crippen LogP contribution in [0.25, 0.3) is 0 Å². The van der Waals surface area contributed by atoms with E-state index in [0.29, 0.717) is 13.1 Å². The van der Waals surface area contributed by atoms with Crippen LogP contribution >= 0.6 is 12.4 Å². The number of halogens is 1. The molecule has 2 rings (SSSR count). The second-order valence-electron chi connectivity index (χ2n) is 6.20. The predicted molar refractivity (Wildman–Crippen MR) is 94.6 cm³/mol. The molecule has 0 bridgehead atoms. The summed E-state index contributed by atoms with van der Waals surface area (Å²) in [6.07, 6.45) is 4.70. The lowest BCUT2D eigenvalue weighted by Crippen LogP contribution is -2.43. The van der Waals surface area contributed by atoms with Crippen LogP contribution in [0.15, 0.2) is 30.3 Å². The maximum absolute atomic E-state index is 12.0. The summed E-state index contributed by atoms with van der Waals surface area (Å²) in [5.74, 6) is 0.922. The van der Waals surface area contributed by atoms with E-state index in [4.69, 9.17) is 0 Å². The molecule has 1 saturated carbocycles. The zero-order chi connectivity index (χ0) is 15.1. The summed E-state index contributed by atoms with van der Waals surface area (Å²) >= 11 is 0. The Labute approximate surface area is 140 Å².